The number of hydrogen-bond acceptors (Lipinski definition) is 2. The Kier molecular flexibility index (Phi) is 10.3. The fourth-order valence-electron chi connectivity index (χ4n) is 9.43. The van der Waals surface area contributed by atoms with Crippen molar-refractivity contribution in [3.8, 4) is 22.3 Å². The second-order valence-electron chi connectivity index (χ2n) is 22.3. The van der Waals surface area contributed by atoms with E-state index in [9.17, 15) is 0 Å². The molecule has 2 nitrogen and oxygen atoms in total. The van der Waals surface area contributed by atoms with Crippen LogP contribution in [-0.2, 0) is 21.7 Å². The highest BCUT2D eigenvalue weighted by molar-refractivity contribution is 7.81. The summed E-state index contributed by atoms with van der Waals surface area (Å²) in [5, 5.41) is 4.25. The monoisotopic (exact) mass is 844 g/mol. The second kappa shape index (κ2) is 15.1. The molecule has 0 fully saturated rings. The van der Waals surface area contributed by atoms with E-state index in [4.69, 9.17) is 0 Å². The molecule has 0 saturated heterocycles. The van der Waals surface area contributed by atoms with Crippen molar-refractivity contribution in [2.45, 2.75) is 119 Å². The Morgan fingerprint density at radius 1 is 0.333 bits per heavy atom. The first-order valence-electron chi connectivity index (χ1n) is 22.9. The number of rotatable bonds is 4. The van der Waals surface area contributed by atoms with E-state index < -0.39 is 7.92 Å². The van der Waals surface area contributed by atoms with Crippen LogP contribution in [0.4, 0.5) is 34.1 Å². The van der Waals surface area contributed by atoms with Crippen LogP contribution in [0.3, 0.4) is 0 Å². The standard InChI is InChI=1S/C60H65N2P/c1-38-18-30-48(46(34-38)40-20-24-42(25-21-40)57(3,4)5)61-50-32-28-44(59(9,10)11)36-54(50)63-55-37-45(60(12,13)14)29-33-51(55)62(53-17-15-16-52(61)56(53)63)49-31-19-39(2)35-47(49)41-22-26-43(27-23-41)58(6,7)8/h15-37H,1-14H3. The normalized spacial score (nSPS) is 14.1. The molecule has 0 aromatic heterocycles. The quantitative estimate of drug-likeness (QED) is 0.163. The molecule has 9 rings (SSSR count). The van der Waals surface area contributed by atoms with Gasteiger partial charge in [-0.05, 0) is 137 Å². The van der Waals surface area contributed by atoms with E-state index in [1.54, 1.807) is 0 Å². The van der Waals surface area contributed by atoms with Crippen molar-refractivity contribution >= 4 is 58.0 Å². The van der Waals surface area contributed by atoms with Crippen LogP contribution >= 0.6 is 7.92 Å². The third kappa shape index (κ3) is 7.63. The summed E-state index contributed by atoms with van der Waals surface area (Å²) in [4.78, 5) is 5.20. The van der Waals surface area contributed by atoms with E-state index in [2.05, 4.69) is 246 Å². The highest BCUT2D eigenvalue weighted by Crippen LogP contribution is 2.59. The van der Waals surface area contributed by atoms with Crippen molar-refractivity contribution in [3.05, 3.63) is 173 Å². The van der Waals surface area contributed by atoms with Gasteiger partial charge in [-0.15, -0.1) is 0 Å². The van der Waals surface area contributed by atoms with Gasteiger partial charge in [-0.1, -0.05) is 173 Å². The van der Waals surface area contributed by atoms with E-state index in [1.807, 2.05) is 0 Å². The average molecular weight is 845 g/mol. The zero-order valence-electron chi connectivity index (χ0n) is 40.1. The first kappa shape index (κ1) is 42.9. The predicted molar refractivity (Wildman–Crippen MR) is 277 cm³/mol. The van der Waals surface area contributed by atoms with Crippen LogP contribution < -0.4 is 25.7 Å². The third-order valence-electron chi connectivity index (χ3n) is 13.3. The summed E-state index contributed by atoms with van der Waals surface area (Å²) in [5.74, 6) is 0. The summed E-state index contributed by atoms with van der Waals surface area (Å²) in [6.45, 7) is 32.3. The fraction of sp³-hybridized carbons (Fsp3) is 0.300. The van der Waals surface area contributed by atoms with Gasteiger partial charge >= 0.3 is 0 Å². The summed E-state index contributed by atoms with van der Waals surface area (Å²) >= 11 is 0. The SMILES string of the molecule is Cc1ccc(N2c3ccc(C(C)(C)C)cc3P3c4cc(C(C)(C)C)ccc4N(c4ccc(C)cc4-c4ccc(C(C)(C)C)cc4)c4cccc2c43)c(-c2ccc(C(C)(C)C)cc2)c1. The van der Waals surface area contributed by atoms with Gasteiger partial charge in [0.1, 0.15) is 0 Å². The number of hydrogen-bond donors (Lipinski definition) is 0. The molecule has 0 bridgehead atoms. The van der Waals surface area contributed by atoms with E-state index in [-0.39, 0.29) is 21.7 Å². The van der Waals surface area contributed by atoms with Gasteiger partial charge in [0.15, 0.2) is 0 Å². The van der Waals surface area contributed by atoms with Gasteiger partial charge in [0.2, 0.25) is 0 Å². The van der Waals surface area contributed by atoms with Crippen molar-refractivity contribution in [1.82, 2.24) is 0 Å². The Labute approximate surface area is 379 Å². The largest absolute Gasteiger partial charge is 0.308 e. The number of fused-ring (bicyclic) bond motifs is 4. The highest BCUT2D eigenvalue weighted by atomic mass is 31.1. The summed E-state index contributed by atoms with van der Waals surface area (Å²) in [5.41, 5.74) is 20.4. The highest BCUT2D eigenvalue weighted by Gasteiger charge is 2.42. The van der Waals surface area contributed by atoms with Crippen molar-refractivity contribution in [1.29, 1.82) is 0 Å². The summed E-state index contributed by atoms with van der Waals surface area (Å²) in [7, 11) is -0.970. The van der Waals surface area contributed by atoms with Crippen molar-refractivity contribution in [2.75, 3.05) is 9.80 Å². The molecule has 2 aliphatic heterocycles. The molecule has 7 aromatic carbocycles. The molecule has 0 amide bonds. The Balaban J connectivity index is 1.35. The first-order chi connectivity index (χ1) is 29.6. The first-order valence-corrected chi connectivity index (χ1v) is 24.2. The molecule has 0 unspecified atom stereocenters. The van der Waals surface area contributed by atoms with Gasteiger partial charge in [0.25, 0.3) is 0 Å². The van der Waals surface area contributed by atoms with Crippen LogP contribution in [0.1, 0.15) is 116 Å². The molecule has 0 atom stereocenters. The Bertz CT molecular complexity index is 2690. The van der Waals surface area contributed by atoms with Gasteiger partial charge in [-0.25, -0.2) is 0 Å². The van der Waals surface area contributed by atoms with Crippen LogP contribution in [-0.4, -0.2) is 0 Å². The molecular formula is C60H65N2P. The average Bonchev–Trinajstić information content (AvgIpc) is 3.22. The van der Waals surface area contributed by atoms with Gasteiger partial charge < -0.3 is 9.80 Å². The smallest absolute Gasteiger partial charge is 0.0566 e. The maximum atomic E-state index is 2.60. The molecular weight excluding hydrogens is 780 g/mol. The zero-order chi connectivity index (χ0) is 45.0. The van der Waals surface area contributed by atoms with Gasteiger partial charge in [0, 0.05) is 27.0 Å². The molecule has 0 spiro atoms. The molecule has 320 valence electrons. The molecule has 0 saturated carbocycles. The fourth-order valence-corrected chi connectivity index (χ4v) is 12.3. The lowest BCUT2D eigenvalue weighted by Gasteiger charge is -2.46. The second-order valence-corrected chi connectivity index (χ2v) is 24.3. The van der Waals surface area contributed by atoms with Crippen LogP contribution in [0.15, 0.2) is 140 Å². The Morgan fingerprint density at radius 2 is 0.667 bits per heavy atom. The Hall–Kier alpha value is -5.43. The maximum Gasteiger partial charge on any atom is 0.0566 e. The minimum atomic E-state index is -0.970. The lowest BCUT2D eigenvalue weighted by Crippen LogP contribution is -2.41. The molecule has 0 aliphatic carbocycles. The van der Waals surface area contributed by atoms with E-state index in [0.29, 0.717) is 0 Å². The van der Waals surface area contributed by atoms with E-state index >= 15 is 0 Å². The van der Waals surface area contributed by atoms with Crippen molar-refractivity contribution in [3.63, 3.8) is 0 Å². The van der Waals surface area contributed by atoms with Crippen LogP contribution in [0.2, 0.25) is 0 Å². The Morgan fingerprint density at radius 3 is 1.02 bits per heavy atom. The minimum absolute atomic E-state index is 0.0178. The van der Waals surface area contributed by atoms with E-state index in [1.165, 1.54) is 106 Å². The lowest BCUT2D eigenvalue weighted by molar-refractivity contribution is 0.590. The lowest BCUT2D eigenvalue weighted by atomic mass is 9.86. The maximum absolute atomic E-state index is 2.60. The molecule has 0 N–H and O–H groups in total. The number of anilines is 6. The molecule has 2 aliphatic rings. The number of aryl methyl sites for hydroxylation is 2. The van der Waals surface area contributed by atoms with E-state index in [0.717, 1.165) is 0 Å². The molecule has 0 radical (unpaired) electrons. The van der Waals surface area contributed by atoms with Crippen LogP contribution in [0.5, 0.6) is 0 Å². The molecule has 2 heterocycles. The topological polar surface area (TPSA) is 6.48 Å². The summed E-state index contributed by atoms with van der Waals surface area (Å²) in [6, 6.07) is 54.5. The van der Waals surface area contributed by atoms with Gasteiger partial charge in [-0.3, -0.25) is 0 Å². The summed E-state index contributed by atoms with van der Waals surface area (Å²) < 4.78 is 0. The number of benzene rings is 7. The van der Waals surface area contributed by atoms with Crippen molar-refractivity contribution in [2.24, 2.45) is 0 Å². The van der Waals surface area contributed by atoms with Crippen molar-refractivity contribution < 1.29 is 0 Å². The molecule has 3 heteroatoms. The summed E-state index contributed by atoms with van der Waals surface area (Å²) in [6.07, 6.45) is 0. The van der Waals surface area contributed by atoms with Gasteiger partial charge in [-0.2, -0.15) is 0 Å². The molecule has 63 heavy (non-hydrogen) atoms. The van der Waals surface area contributed by atoms with Crippen LogP contribution in [0, 0.1) is 13.8 Å². The molecule has 7 aromatic rings. The predicted octanol–water partition coefficient (Wildman–Crippen LogP) is 16.2. The van der Waals surface area contributed by atoms with Crippen LogP contribution in [0.25, 0.3) is 22.3 Å². The number of nitrogens with zero attached hydrogens (tertiary/aromatic N) is 2. The van der Waals surface area contributed by atoms with Gasteiger partial charge in [0.05, 0.1) is 34.1 Å². The third-order valence-corrected chi connectivity index (χ3v) is 15.8. The minimum Gasteiger partial charge on any atom is -0.308 e. The zero-order valence-corrected chi connectivity index (χ0v) is 41.0.